The van der Waals surface area contributed by atoms with Crippen LogP contribution in [0.5, 0.6) is 0 Å². The summed E-state index contributed by atoms with van der Waals surface area (Å²) in [6, 6.07) is 1.26. The molecule has 1 aromatic heterocycles. The Morgan fingerprint density at radius 2 is 1.94 bits per heavy atom. The van der Waals surface area contributed by atoms with Crippen molar-refractivity contribution in [3.63, 3.8) is 0 Å². The van der Waals surface area contributed by atoms with E-state index in [9.17, 15) is 14.2 Å². The predicted molar refractivity (Wildman–Crippen MR) is 121 cm³/mol. The van der Waals surface area contributed by atoms with Gasteiger partial charge in [0.1, 0.15) is 17.9 Å². The number of nitrogens with zero attached hydrogens (tertiary/aromatic N) is 1. The van der Waals surface area contributed by atoms with Crippen molar-refractivity contribution in [2.24, 2.45) is 0 Å². The van der Waals surface area contributed by atoms with E-state index < -0.39 is 45.1 Å². The molecule has 1 N–H and O–H groups in total. The van der Waals surface area contributed by atoms with Crippen LogP contribution in [0.25, 0.3) is 0 Å². The van der Waals surface area contributed by atoms with Crippen LogP contribution >= 0.6 is 7.60 Å². The largest absolute Gasteiger partial charge is 0.408 e. The lowest BCUT2D eigenvalue weighted by Crippen LogP contribution is -2.58. The summed E-state index contributed by atoms with van der Waals surface area (Å²) in [5.41, 5.74) is -2.19. The highest BCUT2D eigenvalue weighted by Crippen LogP contribution is 2.52. The lowest BCUT2D eigenvalue weighted by atomic mass is 9.91. The molecule has 2 aliphatic rings. The van der Waals surface area contributed by atoms with E-state index in [1.807, 2.05) is 0 Å². The maximum absolute atomic E-state index is 12.7. The Balaban J connectivity index is 2.03. The average Bonchev–Trinajstić information content (AvgIpc) is 2.90. The molecule has 180 valence electrons. The van der Waals surface area contributed by atoms with Gasteiger partial charge in [-0.1, -0.05) is 20.8 Å². The number of aromatic nitrogens is 2. The fraction of sp³-hybridized carbons (Fsp3) is 0.700. The van der Waals surface area contributed by atoms with E-state index in [1.165, 1.54) is 36.9 Å². The van der Waals surface area contributed by atoms with E-state index in [0.29, 0.717) is 6.42 Å². The molecule has 0 unspecified atom stereocenters. The Morgan fingerprint density at radius 1 is 1.28 bits per heavy atom. The zero-order chi connectivity index (χ0) is 23.9. The van der Waals surface area contributed by atoms with Gasteiger partial charge in [-0.2, -0.15) is 0 Å². The molecular weight excluding hydrogens is 455 g/mol. The summed E-state index contributed by atoms with van der Waals surface area (Å²) < 4.78 is 43.3. The maximum Gasteiger partial charge on any atom is 0.353 e. The van der Waals surface area contributed by atoms with Gasteiger partial charge < -0.3 is 22.9 Å². The van der Waals surface area contributed by atoms with Crippen LogP contribution in [0.4, 0.5) is 0 Å². The molecule has 3 heterocycles. The number of nitrogens with one attached hydrogen (secondary N) is 1. The summed E-state index contributed by atoms with van der Waals surface area (Å²) in [5, 5.41) is -0.0571. The Morgan fingerprint density at radius 3 is 2.50 bits per heavy atom. The third kappa shape index (κ3) is 4.79. The standard InChI is InChI=1S/C20H33N2O8PSi/c1-19(2,3)32(6,7)30-17-14-12-16(22-10-8-15(23)21-18(22)24)29-20(17,13-28-14)9-11-31(25,26-4)27-5/h8-11,14,16-17H,12-13H2,1-7H3,(H,21,23,24)/b11-9+/t14-,16+,17-,20-/m0/s1. The molecule has 2 bridgehead atoms. The van der Waals surface area contributed by atoms with Crippen LogP contribution in [0.2, 0.25) is 18.1 Å². The quantitative estimate of drug-likeness (QED) is 0.460. The number of hydrogen-bond acceptors (Lipinski definition) is 8. The highest BCUT2D eigenvalue weighted by Gasteiger charge is 2.58. The highest BCUT2D eigenvalue weighted by atomic mass is 31.2. The fourth-order valence-corrected chi connectivity index (χ4v) is 5.77. The summed E-state index contributed by atoms with van der Waals surface area (Å²) in [6.07, 6.45) is 1.81. The van der Waals surface area contributed by atoms with Crippen LogP contribution in [-0.2, 0) is 27.5 Å². The van der Waals surface area contributed by atoms with Gasteiger partial charge in [0.15, 0.2) is 8.32 Å². The average molecular weight is 489 g/mol. The first kappa shape index (κ1) is 25.3. The summed E-state index contributed by atoms with van der Waals surface area (Å²) >= 11 is 0. The minimum atomic E-state index is -3.48. The molecule has 0 aromatic carbocycles. The van der Waals surface area contributed by atoms with Crippen molar-refractivity contribution in [2.75, 3.05) is 20.8 Å². The van der Waals surface area contributed by atoms with E-state index in [1.54, 1.807) is 6.08 Å². The SMILES string of the molecule is COP(=O)(/C=C/[C@@]12CO[C@@H](C[C@H](n3ccc(=O)[nH]c3=O)O1)[C@@H]2O[Si](C)(C)C(C)(C)C)OC. The van der Waals surface area contributed by atoms with Gasteiger partial charge in [-0.3, -0.25) is 18.9 Å². The van der Waals surface area contributed by atoms with Gasteiger partial charge in [-0.25, -0.2) is 4.79 Å². The highest BCUT2D eigenvalue weighted by molar-refractivity contribution is 7.57. The first-order chi connectivity index (χ1) is 14.8. The molecule has 2 aliphatic heterocycles. The van der Waals surface area contributed by atoms with E-state index in [4.69, 9.17) is 22.9 Å². The lowest BCUT2D eigenvalue weighted by Gasteiger charge is -2.47. The van der Waals surface area contributed by atoms with Crippen molar-refractivity contribution in [1.82, 2.24) is 9.55 Å². The molecule has 0 spiro atoms. The fourth-order valence-electron chi connectivity index (χ4n) is 3.60. The van der Waals surface area contributed by atoms with Gasteiger partial charge in [0.25, 0.3) is 5.56 Å². The van der Waals surface area contributed by atoms with Gasteiger partial charge >= 0.3 is 13.3 Å². The van der Waals surface area contributed by atoms with Crippen LogP contribution in [0, 0.1) is 0 Å². The maximum atomic E-state index is 12.7. The molecule has 32 heavy (non-hydrogen) atoms. The number of fused-ring (bicyclic) bond motifs is 2. The summed E-state index contributed by atoms with van der Waals surface area (Å²) in [7, 11) is -3.12. The molecule has 0 saturated carbocycles. The van der Waals surface area contributed by atoms with Crippen LogP contribution in [0.3, 0.4) is 0 Å². The molecule has 0 radical (unpaired) electrons. The zero-order valence-electron chi connectivity index (χ0n) is 19.6. The topological polar surface area (TPSA) is 118 Å². The molecule has 0 amide bonds. The number of rotatable bonds is 7. The molecule has 3 rings (SSSR count). The summed E-state index contributed by atoms with van der Waals surface area (Å²) in [5.74, 6) is 1.35. The Labute approximate surface area is 188 Å². The van der Waals surface area contributed by atoms with Crippen molar-refractivity contribution in [3.8, 4) is 0 Å². The number of ether oxygens (including phenoxy) is 2. The number of hydrogen-bond donors (Lipinski definition) is 1. The number of H-pyrrole nitrogens is 1. The van der Waals surface area contributed by atoms with Crippen LogP contribution in [0.1, 0.15) is 33.4 Å². The van der Waals surface area contributed by atoms with Gasteiger partial charge in [-0.15, -0.1) is 0 Å². The number of aromatic amines is 1. The summed E-state index contributed by atoms with van der Waals surface area (Å²) in [4.78, 5) is 26.1. The first-order valence-corrected chi connectivity index (χ1v) is 15.0. The monoisotopic (exact) mass is 488 g/mol. The Hall–Kier alpha value is -1.33. The van der Waals surface area contributed by atoms with E-state index >= 15 is 0 Å². The normalized spacial score (nSPS) is 29.0. The molecule has 2 fully saturated rings. The molecule has 10 nitrogen and oxygen atoms in total. The van der Waals surface area contributed by atoms with Crippen LogP contribution < -0.4 is 11.2 Å². The molecule has 4 atom stereocenters. The summed E-state index contributed by atoms with van der Waals surface area (Å²) in [6.45, 7) is 10.8. The molecule has 12 heteroatoms. The molecule has 1 aromatic rings. The Bertz CT molecular complexity index is 1020. The van der Waals surface area contributed by atoms with Crippen molar-refractivity contribution >= 4 is 15.9 Å². The van der Waals surface area contributed by atoms with Gasteiger partial charge in [0, 0.05) is 38.7 Å². The Kier molecular flexibility index (Phi) is 6.95. The smallest absolute Gasteiger partial charge is 0.353 e. The first-order valence-electron chi connectivity index (χ1n) is 10.5. The second-order valence-electron chi connectivity index (χ2n) is 9.65. The van der Waals surface area contributed by atoms with Gasteiger partial charge in [0.05, 0.1) is 12.7 Å². The van der Waals surface area contributed by atoms with Crippen molar-refractivity contribution in [2.45, 2.75) is 69.4 Å². The minimum absolute atomic E-state index is 0.0571. The second kappa shape index (κ2) is 8.79. The minimum Gasteiger partial charge on any atom is -0.408 e. The van der Waals surface area contributed by atoms with E-state index in [-0.39, 0.29) is 17.7 Å². The molecule has 2 saturated heterocycles. The van der Waals surface area contributed by atoms with Gasteiger partial charge in [0.2, 0.25) is 0 Å². The molecule has 0 aliphatic carbocycles. The van der Waals surface area contributed by atoms with E-state index in [0.717, 1.165) is 0 Å². The molecular formula is C20H33N2O8PSi. The third-order valence-electron chi connectivity index (χ3n) is 6.57. The second-order valence-corrected chi connectivity index (χ2v) is 16.5. The van der Waals surface area contributed by atoms with Crippen LogP contribution in [0.15, 0.2) is 33.7 Å². The van der Waals surface area contributed by atoms with Crippen LogP contribution in [-0.4, -0.2) is 56.5 Å². The van der Waals surface area contributed by atoms with Crippen molar-refractivity contribution in [3.05, 3.63) is 45.0 Å². The lowest BCUT2D eigenvalue weighted by molar-refractivity contribution is -0.167. The van der Waals surface area contributed by atoms with Crippen molar-refractivity contribution < 1.29 is 27.5 Å². The zero-order valence-corrected chi connectivity index (χ0v) is 21.5. The van der Waals surface area contributed by atoms with Crippen molar-refractivity contribution in [1.29, 1.82) is 0 Å². The third-order valence-corrected chi connectivity index (χ3v) is 12.6. The predicted octanol–water partition coefficient (Wildman–Crippen LogP) is 2.98. The van der Waals surface area contributed by atoms with E-state index in [2.05, 4.69) is 38.8 Å². The van der Waals surface area contributed by atoms with Gasteiger partial charge in [-0.05, 0) is 24.2 Å².